The van der Waals surface area contributed by atoms with E-state index in [4.69, 9.17) is 11.5 Å². The molecule has 0 aromatic heterocycles. The third-order valence-corrected chi connectivity index (χ3v) is 4.59. The lowest BCUT2D eigenvalue weighted by molar-refractivity contribution is 0.307. The highest BCUT2D eigenvalue weighted by molar-refractivity contribution is 5.32. The van der Waals surface area contributed by atoms with E-state index >= 15 is 0 Å². The van der Waals surface area contributed by atoms with Crippen molar-refractivity contribution >= 4 is 0 Å². The molecular formula is C20H28N2. The minimum absolute atomic E-state index is 0.107. The Morgan fingerprint density at radius 1 is 0.818 bits per heavy atom. The lowest BCUT2D eigenvalue weighted by Gasteiger charge is -2.30. The van der Waals surface area contributed by atoms with Crippen LogP contribution in [0.25, 0.3) is 0 Å². The Balaban J connectivity index is 2.26. The summed E-state index contributed by atoms with van der Waals surface area (Å²) in [7, 11) is 0. The van der Waals surface area contributed by atoms with Crippen LogP contribution in [0.3, 0.4) is 0 Å². The van der Waals surface area contributed by atoms with Crippen LogP contribution >= 0.6 is 0 Å². The summed E-state index contributed by atoms with van der Waals surface area (Å²) in [5, 5.41) is 0. The normalized spacial score (nSPS) is 14.3. The molecule has 0 saturated carbocycles. The van der Waals surface area contributed by atoms with Gasteiger partial charge in [0.1, 0.15) is 0 Å². The van der Waals surface area contributed by atoms with E-state index in [0.717, 1.165) is 6.42 Å². The zero-order valence-electron chi connectivity index (χ0n) is 13.7. The summed E-state index contributed by atoms with van der Waals surface area (Å²) >= 11 is 0. The molecule has 2 atom stereocenters. The summed E-state index contributed by atoms with van der Waals surface area (Å²) in [5.41, 5.74) is 15.1. The molecule has 0 heterocycles. The maximum atomic E-state index is 6.52. The molecule has 2 heteroatoms. The fraction of sp³-hybridized carbons (Fsp3) is 0.400. The van der Waals surface area contributed by atoms with Crippen LogP contribution in [0.4, 0.5) is 0 Å². The summed E-state index contributed by atoms with van der Waals surface area (Å²) in [6.07, 6.45) is 0.925. The minimum atomic E-state index is 0.107. The molecule has 22 heavy (non-hydrogen) atoms. The van der Waals surface area contributed by atoms with Crippen molar-refractivity contribution in [2.24, 2.45) is 23.3 Å². The highest BCUT2D eigenvalue weighted by Gasteiger charge is 2.24. The monoisotopic (exact) mass is 296 g/mol. The van der Waals surface area contributed by atoms with Gasteiger partial charge in [0.25, 0.3) is 0 Å². The van der Waals surface area contributed by atoms with Crippen LogP contribution in [0.1, 0.15) is 37.3 Å². The number of benzene rings is 2. The van der Waals surface area contributed by atoms with Gasteiger partial charge in [0.15, 0.2) is 0 Å². The number of hydrogen-bond donors (Lipinski definition) is 2. The second kappa shape index (κ2) is 8.11. The van der Waals surface area contributed by atoms with E-state index < -0.39 is 0 Å². The third kappa shape index (κ3) is 4.19. The first kappa shape index (κ1) is 16.7. The highest BCUT2D eigenvalue weighted by atomic mass is 14.7. The molecule has 0 aliphatic carbocycles. The number of hydrogen-bond acceptors (Lipinski definition) is 2. The molecule has 4 N–H and O–H groups in total. The molecule has 0 bridgehead atoms. The average Bonchev–Trinajstić information content (AvgIpc) is 2.54. The maximum Gasteiger partial charge on any atom is 0.0104 e. The zero-order chi connectivity index (χ0) is 15.9. The van der Waals surface area contributed by atoms with Gasteiger partial charge in [-0.1, -0.05) is 74.5 Å². The van der Waals surface area contributed by atoms with Crippen LogP contribution in [-0.2, 0) is 0 Å². The van der Waals surface area contributed by atoms with Crippen molar-refractivity contribution in [3.63, 3.8) is 0 Å². The molecule has 0 aliphatic rings. The first-order chi connectivity index (χ1) is 10.6. The highest BCUT2D eigenvalue weighted by Crippen LogP contribution is 2.31. The quantitative estimate of drug-likeness (QED) is 0.817. The molecular weight excluding hydrogens is 268 g/mol. The Morgan fingerprint density at radius 3 is 1.64 bits per heavy atom. The molecule has 2 rings (SSSR count). The van der Waals surface area contributed by atoms with Gasteiger partial charge in [-0.25, -0.2) is 0 Å². The van der Waals surface area contributed by atoms with E-state index in [2.05, 4.69) is 74.5 Å². The number of rotatable bonds is 7. The van der Waals surface area contributed by atoms with E-state index in [0.29, 0.717) is 24.3 Å². The van der Waals surface area contributed by atoms with Crippen LogP contribution in [0, 0.1) is 11.8 Å². The first-order valence-electron chi connectivity index (χ1n) is 8.19. The lowest BCUT2D eigenvalue weighted by atomic mass is 9.79. The molecule has 2 unspecified atom stereocenters. The Hall–Kier alpha value is -1.64. The molecule has 118 valence electrons. The summed E-state index contributed by atoms with van der Waals surface area (Å²) in [5.74, 6) is 1.19. The molecule has 2 aromatic carbocycles. The van der Waals surface area contributed by atoms with Crippen molar-refractivity contribution in [3.05, 3.63) is 71.8 Å². The van der Waals surface area contributed by atoms with Gasteiger partial charge < -0.3 is 11.5 Å². The molecule has 0 aliphatic heterocycles. The van der Waals surface area contributed by atoms with Crippen molar-refractivity contribution in [1.29, 1.82) is 0 Å². The van der Waals surface area contributed by atoms with Crippen LogP contribution in [0.5, 0.6) is 0 Å². The largest absolute Gasteiger partial charge is 0.330 e. The van der Waals surface area contributed by atoms with E-state index in [-0.39, 0.29) is 6.04 Å². The van der Waals surface area contributed by atoms with Crippen molar-refractivity contribution in [1.82, 2.24) is 0 Å². The van der Waals surface area contributed by atoms with Crippen LogP contribution in [0.15, 0.2) is 60.7 Å². The molecule has 0 spiro atoms. The second-order valence-corrected chi connectivity index (χ2v) is 6.42. The first-order valence-corrected chi connectivity index (χ1v) is 8.19. The van der Waals surface area contributed by atoms with Gasteiger partial charge in [-0.3, -0.25) is 0 Å². The van der Waals surface area contributed by atoms with Gasteiger partial charge in [-0.05, 0) is 35.9 Å². The van der Waals surface area contributed by atoms with Gasteiger partial charge >= 0.3 is 0 Å². The molecule has 0 radical (unpaired) electrons. The Morgan fingerprint density at radius 2 is 1.27 bits per heavy atom. The number of nitrogens with two attached hydrogens (primary N) is 2. The summed E-state index contributed by atoms with van der Waals surface area (Å²) < 4.78 is 0. The molecule has 0 fully saturated rings. The fourth-order valence-electron chi connectivity index (χ4n) is 3.22. The van der Waals surface area contributed by atoms with Crippen LogP contribution in [-0.4, -0.2) is 12.6 Å². The van der Waals surface area contributed by atoms with Gasteiger partial charge in [0, 0.05) is 12.0 Å². The standard InChI is InChI=1S/C20H28N2/c1-15(2)19(14-21)20(22)13-18(16-9-5-3-6-10-16)17-11-7-4-8-12-17/h3-12,15,18-20H,13-14,21-22H2,1-2H3. The molecule has 2 nitrogen and oxygen atoms in total. The van der Waals surface area contributed by atoms with Gasteiger partial charge in [0.2, 0.25) is 0 Å². The Bertz CT molecular complexity index is 497. The zero-order valence-corrected chi connectivity index (χ0v) is 13.7. The smallest absolute Gasteiger partial charge is 0.0104 e. The summed E-state index contributed by atoms with van der Waals surface area (Å²) in [4.78, 5) is 0. The Labute approximate surface area is 134 Å². The van der Waals surface area contributed by atoms with Crippen molar-refractivity contribution in [3.8, 4) is 0 Å². The molecule has 0 saturated heterocycles. The van der Waals surface area contributed by atoms with E-state index in [1.54, 1.807) is 0 Å². The SMILES string of the molecule is CC(C)C(CN)C(N)CC(c1ccccc1)c1ccccc1. The van der Waals surface area contributed by atoms with Crippen molar-refractivity contribution < 1.29 is 0 Å². The summed E-state index contributed by atoms with van der Waals surface area (Å²) in [6.45, 7) is 5.06. The van der Waals surface area contributed by atoms with E-state index in [1.807, 2.05) is 0 Å². The lowest BCUT2D eigenvalue weighted by Crippen LogP contribution is -2.39. The topological polar surface area (TPSA) is 52.0 Å². The Kier molecular flexibility index (Phi) is 6.17. The average molecular weight is 296 g/mol. The van der Waals surface area contributed by atoms with Gasteiger partial charge in [-0.2, -0.15) is 0 Å². The predicted octanol–water partition coefficient (Wildman–Crippen LogP) is 3.77. The fourth-order valence-corrected chi connectivity index (χ4v) is 3.22. The van der Waals surface area contributed by atoms with Crippen LogP contribution in [0.2, 0.25) is 0 Å². The van der Waals surface area contributed by atoms with Crippen LogP contribution < -0.4 is 11.5 Å². The van der Waals surface area contributed by atoms with E-state index in [1.165, 1.54) is 11.1 Å². The second-order valence-electron chi connectivity index (χ2n) is 6.42. The minimum Gasteiger partial charge on any atom is -0.330 e. The van der Waals surface area contributed by atoms with E-state index in [9.17, 15) is 0 Å². The molecule has 0 amide bonds. The van der Waals surface area contributed by atoms with Crippen molar-refractivity contribution in [2.75, 3.05) is 6.54 Å². The van der Waals surface area contributed by atoms with Crippen molar-refractivity contribution in [2.45, 2.75) is 32.2 Å². The molecule has 2 aromatic rings. The van der Waals surface area contributed by atoms with Gasteiger partial charge in [0.05, 0.1) is 0 Å². The van der Waals surface area contributed by atoms with Gasteiger partial charge in [-0.15, -0.1) is 0 Å². The maximum absolute atomic E-state index is 6.52. The predicted molar refractivity (Wildman–Crippen MR) is 94.7 cm³/mol. The summed E-state index contributed by atoms with van der Waals surface area (Å²) in [6, 6.07) is 21.4. The third-order valence-electron chi connectivity index (χ3n) is 4.59.